The van der Waals surface area contributed by atoms with Crippen LogP contribution in [0.15, 0.2) is 27.5 Å². The monoisotopic (exact) mass is 225 g/mol. The van der Waals surface area contributed by atoms with Crippen LogP contribution in [0, 0.1) is 15.9 Å². The number of H-pyrrole nitrogens is 1. The minimum atomic E-state index is -0.839. The average Bonchev–Trinajstić information content (AvgIpc) is 2.64. The summed E-state index contributed by atoms with van der Waals surface area (Å²) in [6.45, 7) is 0. The second-order valence-corrected chi connectivity index (χ2v) is 2.86. The highest BCUT2D eigenvalue weighted by Crippen LogP contribution is 2.27. The van der Waals surface area contributed by atoms with Gasteiger partial charge in [0.25, 0.3) is 5.69 Å². The highest BCUT2D eigenvalue weighted by Gasteiger charge is 2.19. The lowest BCUT2D eigenvalue weighted by Gasteiger charge is -1.97. The Balaban J connectivity index is 2.64. The lowest BCUT2D eigenvalue weighted by atomic mass is 10.1. The molecular weight excluding hydrogens is 221 g/mol. The molecule has 0 atom stereocenters. The van der Waals surface area contributed by atoms with E-state index in [2.05, 4.69) is 14.7 Å². The second-order valence-electron chi connectivity index (χ2n) is 2.86. The lowest BCUT2D eigenvalue weighted by Crippen LogP contribution is -1.97. The zero-order chi connectivity index (χ0) is 11.7. The Kier molecular flexibility index (Phi) is 2.24. The van der Waals surface area contributed by atoms with Crippen LogP contribution < -0.4 is 5.76 Å². The van der Waals surface area contributed by atoms with E-state index in [0.29, 0.717) is 0 Å². The first-order chi connectivity index (χ1) is 7.58. The Labute approximate surface area is 86.7 Å². The number of hydrogen-bond acceptors (Lipinski definition) is 5. The van der Waals surface area contributed by atoms with E-state index >= 15 is 0 Å². The largest absolute Gasteiger partial charge is 0.439 e. The smallest absolute Gasteiger partial charge is 0.296 e. The van der Waals surface area contributed by atoms with Crippen molar-refractivity contribution in [2.45, 2.75) is 0 Å². The van der Waals surface area contributed by atoms with Crippen molar-refractivity contribution in [2.24, 2.45) is 0 Å². The summed E-state index contributed by atoms with van der Waals surface area (Å²) in [7, 11) is 0. The van der Waals surface area contributed by atoms with Gasteiger partial charge in [-0.15, -0.1) is 0 Å². The summed E-state index contributed by atoms with van der Waals surface area (Å²) in [5.41, 5.74) is -0.512. The third-order valence-electron chi connectivity index (χ3n) is 1.85. The normalized spacial score (nSPS) is 10.3. The summed E-state index contributed by atoms with van der Waals surface area (Å²) >= 11 is 0. The van der Waals surface area contributed by atoms with Crippen LogP contribution in [0.4, 0.5) is 10.1 Å². The van der Waals surface area contributed by atoms with E-state index in [9.17, 15) is 19.3 Å². The second kappa shape index (κ2) is 3.57. The highest BCUT2D eigenvalue weighted by atomic mass is 19.1. The molecule has 1 heterocycles. The topological polar surface area (TPSA) is 102 Å². The van der Waals surface area contributed by atoms with Crippen LogP contribution in [0.25, 0.3) is 11.4 Å². The van der Waals surface area contributed by atoms with Crippen LogP contribution in [0.5, 0.6) is 0 Å². The number of nitro groups is 1. The number of nitro benzene ring substituents is 1. The molecule has 0 aliphatic rings. The summed E-state index contributed by atoms with van der Waals surface area (Å²) < 4.78 is 17.0. The minimum Gasteiger partial charge on any atom is -0.296 e. The summed E-state index contributed by atoms with van der Waals surface area (Å²) in [6.07, 6.45) is 0. The van der Waals surface area contributed by atoms with E-state index in [0.717, 1.165) is 18.2 Å². The van der Waals surface area contributed by atoms with Gasteiger partial charge in [-0.25, -0.2) is 9.18 Å². The van der Waals surface area contributed by atoms with E-state index in [1.807, 2.05) is 0 Å². The van der Waals surface area contributed by atoms with Crippen LogP contribution in [-0.2, 0) is 0 Å². The number of halogens is 1. The molecule has 7 nitrogen and oxygen atoms in total. The molecule has 2 rings (SSSR count). The van der Waals surface area contributed by atoms with Gasteiger partial charge in [-0.05, 0) is 12.1 Å². The fourth-order valence-corrected chi connectivity index (χ4v) is 1.20. The zero-order valence-electron chi connectivity index (χ0n) is 7.64. The molecule has 0 spiro atoms. The SMILES string of the molecule is O=c1[nH]c(-c2ccc(F)cc2[N+](=O)[O-])no1. The predicted molar refractivity (Wildman–Crippen MR) is 49.2 cm³/mol. The molecule has 0 radical (unpaired) electrons. The number of benzene rings is 1. The van der Waals surface area contributed by atoms with E-state index in [1.54, 1.807) is 0 Å². The summed E-state index contributed by atoms with van der Waals surface area (Å²) in [5.74, 6) is -1.70. The minimum absolute atomic E-state index is 0.0164. The Morgan fingerprint density at radius 2 is 2.25 bits per heavy atom. The Morgan fingerprint density at radius 3 is 2.81 bits per heavy atom. The van der Waals surface area contributed by atoms with Gasteiger partial charge in [-0.2, -0.15) is 0 Å². The summed E-state index contributed by atoms with van der Waals surface area (Å²) in [4.78, 5) is 22.7. The zero-order valence-corrected chi connectivity index (χ0v) is 7.64. The Hall–Kier alpha value is -2.51. The third-order valence-corrected chi connectivity index (χ3v) is 1.85. The fourth-order valence-electron chi connectivity index (χ4n) is 1.20. The average molecular weight is 225 g/mol. The van der Waals surface area contributed by atoms with Crippen molar-refractivity contribution in [3.8, 4) is 11.4 Å². The van der Waals surface area contributed by atoms with Crippen molar-refractivity contribution in [1.29, 1.82) is 0 Å². The number of nitrogens with zero attached hydrogens (tertiary/aromatic N) is 2. The van der Waals surface area contributed by atoms with Gasteiger partial charge in [0.2, 0.25) is 0 Å². The molecule has 1 aromatic carbocycles. The molecule has 0 aliphatic carbocycles. The van der Waals surface area contributed by atoms with E-state index in [4.69, 9.17) is 0 Å². The van der Waals surface area contributed by atoms with Crippen LogP contribution in [0.3, 0.4) is 0 Å². The molecular formula is C8H4FN3O4. The van der Waals surface area contributed by atoms with E-state index in [1.165, 1.54) is 0 Å². The van der Waals surface area contributed by atoms with Crippen molar-refractivity contribution >= 4 is 5.69 Å². The van der Waals surface area contributed by atoms with Gasteiger partial charge in [0.05, 0.1) is 16.6 Å². The van der Waals surface area contributed by atoms with Gasteiger partial charge in [0, 0.05) is 0 Å². The molecule has 8 heteroatoms. The first-order valence-corrected chi connectivity index (χ1v) is 4.08. The maximum Gasteiger partial charge on any atom is 0.439 e. The van der Waals surface area contributed by atoms with Crippen LogP contribution in [-0.4, -0.2) is 15.1 Å². The third kappa shape index (κ3) is 1.67. The molecule has 16 heavy (non-hydrogen) atoms. The first-order valence-electron chi connectivity index (χ1n) is 4.08. The van der Waals surface area contributed by atoms with E-state index in [-0.39, 0.29) is 11.4 Å². The predicted octanol–water partition coefficient (Wildman–Crippen LogP) is 1.08. The quantitative estimate of drug-likeness (QED) is 0.608. The molecule has 2 aromatic rings. The van der Waals surface area contributed by atoms with Crippen LogP contribution in [0.2, 0.25) is 0 Å². The van der Waals surface area contributed by atoms with Crippen molar-refractivity contribution in [2.75, 3.05) is 0 Å². The summed E-state index contributed by atoms with van der Waals surface area (Å²) in [5, 5.41) is 13.9. The molecule has 0 saturated heterocycles. The Bertz CT molecular complexity index is 603. The van der Waals surface area contributed by atoms with Crippen molar-refractivity contribution in [1.82, 2.24) is 10.1 Å². The summed E-state index contributed by atoms with van der Waals surface area (Å²) in [6, 6.07) is 2.90. The molecule has 82 valence electrons. The molecule has 0 bridgehead atoms. The molecule has 1 N–H and O–H groups in total. The molecule has 0 fully saturated rings. The maximum absolute atomic E-state index is 12.8. The lowest BCUT2D eigenvalue weighted by molar-refractivity contribution is -0.384. The molecule has 0 aliphatic heterocycles. The number of aromatic nitrogens is 2. The van der Waals surface area contributed by atoms with Gasteiger partial charge < -0.3 is 0 Å². The molecule has 0 amide bonds. The van der Waals surface area contributed by atoms with Crippen molar-refractivity contribution in [3.05, 3.63) is 44.7 Å². The van der Waals surface area contributed by atoms with Crippen molar-refractivity contribution in [3.63, 3.8) is 0 Å². The molecule has 1 aromatic heterocycles. The number of rotatable bonds is 2. The standard InChI is InChI=1S/C8H4FN3O4/c9-4-1-2-5(6(3-4)12(14)15)7-10-8(13)16-11-7/h1-3H,(H,10,11,13). The maximum atomic E-state index is 12.8. The van der Waals surface area contributed by atoms with Crippen LogP contribution in [0.1, 0.15) is 0 Å². The van der Waals surface area contributed by atoms with Crippen molar-refractivity contribution < 1.29 is 13.8 Å². The first kappa shape index (κ1) is 10.0. The van der Waals surface area contributed by atoms with Gasteiger partial charge >= 0.3 is 5.76 Å². The van der Waals surface area contributed by atoms with Gasteiger partial charge in [0.1, 0.15) is 5.82 Å². The highest BCUT2D eigenvalue weighted by molar-refractivity contribution is 5.67. The molecule has 0 unspecified atom stereocenters. The number of aromatic amines is 1. The van der Waals surface area contributed by atoms with E-state index < -0.39 is 22.2 Å². The van der Waals surface area contributed by atoms with Crippen LogP contribution >= 0.6 is 0 Å². The number of hydrogen-bond donors (Lipinski definition) is 1. The van der Waals surface area contributed by atoms with Gasteiger partial charge in [-0.1, -0.05) is 5.16 Å². The molecule has 0 saturated carbocycles. The van der Waals surface area contributed by atoms with Gasteiger partial charge in [0.15, 0.2) is 5.82 Å². The number of nitrogens with one attached hydrogen (secondary N) is 1. The fraction of sp³-hybridized carbons (Fsp3) is 0. The Morgan fingerprint density at radius 1 is 1.50 bits per heavy atom. The van der Waals surface area contributed by atoms with Gasteiger partial charge in [-0.3, -0.25) is 19.6 Å².